The zero-order valence-corrected chi connectivity index (χ0v) is 20.2. The lowest BCUT2D eigenvalue weighted by atomic mass is 10.0. The molecular weight excluding hydrogens is 473 g/mol. The molecule has 2 aromatic rings. The van der Waals surface area contributed by atoms with E-state index in [2.05, 4.69) is 5.32 Å². The Morgan fingerprint density at radius 2 is 1.75 bits per heavy atom. The third-order valence-electron chi connectivity index (χ3n) is 5.31. The predicted octanol–water partition coefficient (Wildman–Crippen LogP) is 4.12. The second kappa shape index (κ2) is 10.2. The molecule has 1 heterocycles. The monoisotopic (exact) mass is 497 g/mol. The lowest BCUT2D eigenvalue weighted by Crippen LogP contribution is -2.39. The van der Waals surface area contributed by atoms with E-state index in [0.717, 1.165) is 12.8 Å². The Kier molecular flexibility index (Phi) is 7.82. The van der Waals surface area contributed by atoms with Crippen LogP contribution in [0.15, 0.2) is 47.4 Å². The molecule has 1 saturated heterocycles. The van der Waals surface area contributed by atoms with Crippen LogP contribution in [-0.4, -0.2) is 56.1 Å². The number of piperidine rings is 1. The molecular formula is C22H25Cl2N3O4S. The molecule has 1 aliphatic rings. The molecule has 0 bridgehead atoms. The van der Waals surface area contributed by atoms with Crippen molar-refractivity contribution in [1.29, 1.82) is 0 Å². The highest BCUT2D eigenvalue weighted by Gasteiger charge is 2.29. The van der Waals surface area contributed by atoms with Crippen molar-refractivity contribution in [2.45, 2.75) is 24.7 Å². The topological polar surface area (TPSA) is 86.8 Å². The van der Waals surface area contributed by atoms with Crippen LogP contribution in [0.3, 0.4) is 0 Å². The fraction of sp³-hybridized carbons (Fsp3) is 0.364. The van der Waals surface area contributed by atoms with E-state index >= 15 is 0 Å². The summed E-state index contributed by atoms with van der Waals surface area (Å²) in [4.78, 5) is 26.4. The lowest BCUT2D eigenvalue weighted by Gasteiger charge is -2.30. The summed E-state index contributed by atoms with van der Waals surface area (Å²) in [6.07, 6.45) is 1.85. The standard InChI is InChI=1S/C22H25Cl2N3O4S/c1-15-5-4-12-27(13-15)32(30,31)17-10-8-16(9-11-17)22(29)26(2)14-20(28)25-21-18(23)6-3-7-19(21)24/h3,6-11,15H,4-5,12-14H2,1-2H3,(H,25,28). The number of rotatable bonds is 6. The van der Waals surface area contributed by atoms with Crippen molar-refractivity contribution in [2.24, 2.45) is 5.92 Å². The normalized spacial score (nSPS) is 17.1. The number of carbonyl (C=O) groups is 2. The number of amides is 2. The van der Waals surface area contributed by atoms with Gasteiger partial charge in [-0.2, -0.15) is 4.31 Å². The molecule has 1 N–H and O–H groups in total. The highest BCUT2D eigenvalue weighted by Crippen LogP contribution is 2.29. The molecule has 1 atom stereocenters. The van der Waals surface area contributed by atoms with Crippen molar-refractivity contribution >= 4 is 50.7 Å². The highest BCUT2D eigenvalue weighted by molar-refractivity contribution is 7.89. The first-order chi connectivity index (χ1) is 15.1. The number of carbonyl (C=O) groups excluding carboxylic acids is 2. The van der Waals surface area contributed by atoms with E-state index in [1.165, 1.54) is 40.5 Å². The summed E-state index contributed by atoms with van der Waals surface area (Å²) in [5, 5.41) is 3.19. The van der Waals surface area contributed by atoms with Gasteiger partial charge in [-0.1, -0.05) is 36.2 Å². The molecule has 3 rings (SSSR count). The van der Waals surface area contributed by atoms with E-state index in [1.807, 2.05) is 6.92 Å². The van der Waals surface area contributed by atoms with Crippen LogP contribution in [0.4, 0.5) is 5.69 Å². The second-order valence-electron chi connectivity index (χ2n) is 7.94. The number of para-hydroxylation sites is 1. The fourth-order valence-corrected chi connectivity index (χ4v) is 5.68. The lowest BCUT2D eigenvalue weighted by molar-refractivity contribution is -0.116. The van der Waals surface area contributed by atoms with Gasteiger partial charge >= 0.3 is 0 Å². The van der Waals surface area contributed by atoms with Crippen LogP contribution in [-0.2, 0) is 14.8 Å². The zero-order chi connectivity index (χ0) is 23.5. The number of anilines is 1. The van der Waals surface area contributed by atoms with Gasteiger partial charge < -0.3 is 10.2 Å². The van der Waals surface area contributed by atoms with Crippen LogP contribution in [0.5, 0.6) is 0 Å². The first-order valence-electron chi connectivity index (χ1n) is 10.2. The molecule has 172 valence electrons. The molecule has 2 amide bonds. The van der Waals surface area contributed by atoms with Crippen molar-refractivity contribution < 1.29 is 18.0 Å². The number of hydrogen-bond donors (Lipinski definition) is 1. The molecule has 1 fully saturated rings. The summed E-state index contributed by atoms with van der Waals surface area (Å²) in [7, 11) is -2.12. The maximum atomic E-state index is 12.9. The molecule has 7 nitrogen and oxygen atoms in total. The van der Waals surface area contributed by atoms with Gasteiger partial charge in [0, 0.05) is 25.7 Å². The number of sulfonamides is 1. The molecule has 1 unspecified atom stereocenters. The van der Waals surface area contributed by atoms with Crippen molar-refractivity contribution in [3.8, 4) is 0 Å². The number of benzene rings is 2. The minimum absolute atomic E-state index is 0.150. The van der Waals surface area contributed by atoms with Crippen LogP contribution in [0.1, 0.15) is 30.1 Å². The van der Waals surface area contributed by atoms with Gasteiger partial charge in [0.05, 0.1) is 27.2 Å². The second-order valence-corrected chi connectivity index (χ2v) is 10.7. The van der Waals surface area contributed by atoms with Crippen molar-refractivity contribution in [3.63, 3.8) is 0 Å². The maximum absolute atomic E-state index is 12.9. The Balaban J connectivity index is 1.65. The minimum atomic E-state index is -3.60. The molecule has 1 aliphatic heterocycles. The Hall–Kier alpha value is -2.13. The van der Waals surface area contributed by atoms with Crippen LogP contribution >= 0.6 is 23.2 Å². The summed E-state index contributed by atoms with van der Waals surface area (Å²) in [5.74, 6) is -0.560. The molecule has 0 radical (unpaired) electrons. The van der Waals surface area contributed by atoms with E-state index < -0.39 is 21.8 Å². The van der Waals surface area contributed by atoms with Crippen LogP contribution < -0.4 is 5.32 Å². The van der Waals surface area contributed by atoms with Gasteiger partial charge in [-0.25, -0.2) is 8.42 Å². The van der Waals surface area contributed by atoms with Crippen LogP contribution in [0.25, 0.3) is 0 Å². The minimum Gasteiger partial charge on any atom is -0.332 e. The van der Waals surface area contributed by atoms with Gasteiger partial charge in [0.1, 0.15) is 0 Å². The van der Waals surface area contributed by atoms with Gasteiger partial charge in [-0.05, 0) is 55.2 Å². The molecule has 0 aromatic heterocycles. The van der Waals surface area contributed by atoms with Gasteiger partial charge in [-0.15, -0.1) is 0 Å². The summed E-state index contributed by atoms with van der Waals surface area (Å²) in [5.41, 5.74) is 0.560. The first-order valence-corrected chi connectivity index (χ1v) is 12.4. The molecule has 2 aromatic carbocycles. The van der Waals surface area contributed by atoms with E-state index in [1.54, 1.807) is 18.2 Å². The zero-order valence-electron chi connectivity index (χ0n) is 17.8. The third kappa shape index (κ3) is 5.61. The average molecular weight is 498 g/mol. The number of halogens is 2. The van der Waals surface area contributed by atoms with E-state index in [-0.39, 0.29) is 22.7 Å². The summed E-state index contributed by atoms with van der Waals surface area (Å²) < 4.78 is 27.3. The van der Waals surface area contributed by atoms with E-state index in [9.17, 15) is 18.0 Å². The average Bonchev–Trinajstić information content (AvgIpc) is 2.76. The van der Waals surface area contributed by atoms with E-state index in [4.69, 9.17) is 23.2 Å². The molecule has 32 heavy (non-hydrogen) atoms. The fourth-order valence-electron chi connectivity index (χ4n) is 3.59. The Bertz CT molecular complexity index is 1090. The highest BCUT2D eigenvalue weighted by atomic mass is 35.5. The van der Waals surface area contributed by atoms with Crippen molar-refractivity contribution in [2.75, 3.05) is 32.0 Å². The molecule has 10 heteroatoms. The van der Waals surface area contributed by atoms with Gasteiger partial charge in [0.2, 0.25) is 15.9 Å². The van der Waals surface area contributed by atoms with Gasteiger partial charge in [0.15, 0.2) is 0 Å². The SMILES string of the molecule is CC1CCCN(S(=O)(=O)c2ccc(C(=O)N(C)CC(=O)Nc3c(Cl)cccc3Cl)cc2)C1. The summed E-state index contributed by atoms with van der Waals surface area (Å²) in [6, 6.07) is 10.6. The molecule has 0 spiro atoms. The number of likely N-dealkylation sites (N-methyl/N-ethyl adjacent to an activating group) is 1. The van der Waals surface area contributed by atoms with Crippen molar-refractivity contribution in [1.82, 2.24) is 9.21 Å². The van der Waals surface area contributed by atoms with Crippen LogP contribution in [0.2, 0.25) is 10.0 Å². The van der Waals surface area contributed by atoms with Crippen molar-refractivity contribution in [3.05, 3.63) is 58.1 Å². The van der Waals surface area contributed by atoms with Gasteiger partial charge in [-0.3, -0.25) is 9.59 Å². The Morgan fingerprint density at radius 3 is 2.34 bits per heavy atom. The van der Waals surface area contributed by atoms with Crippen LogP contribution in [0, 0.1) is 5.92 Å². The molecule has 0 saturated carbocycles. The molecule has 0 aliphatic carbocycles. The largest absolute Gasteiger partial charge is 0.332 e. The Labute approximate surface area is 198 Å². The number of nitrogens with zero attached hydrogens (tertiary/aromatic N) is 2. The third-order valence-corrected chi connectivity index (χ3v) is 7.82. The first kappa shape index (κ1) is 24.5. The maximum Gasteiger partial charge on any atom is 0.254 e. The number of nitrogens with one attached hydrogen (secondary N) is 1. The Morgan fingerprint density at radius 1 is 1.12 bits per heavy atom. The summed E-state index contributed by atoms with van der Waals surface area (Å²) in [6.45, 7) is 2.80. The summed E-state index contributed by atoms with van der Waals surface area (Å²) >= 11 is 12.1. The van der Waals surface area contributed by atoms with E-state index in [0.29, 0.717) is 29.1 Å². The smallest absolute Gasteiger partial charge is 0.254 e. The predicted molar refractivity (Wildman–Crippen MR) is 126 cm³/mol. The van der Waals surface area contributed by atoms with Gasteiger partial charge in [0.25, 0.3) is 5.91 Å². The quantitative estimate of drug-likeness (QED) is 0.649. The number of hydrogen-bond acceptors (Lipinski definition) is 4.